The minimum Gasteiger partial charge on any atom is -0.509 e. The summed E-state index contributed by atoms with van der Waals surface area (Å²) < 4.78 is 37.3. The van der Waals surface area contributed by atoms with Gasteiger partial charge in [0.1, 0.15) is 5.82 Å². The molecule has 1 aliphatic rings. The number of pyridine rings is 1. The SMILES string of the molecule is [2H]C([2H])([2H])c1cc(-c2cccc3c4ccccc4c4ccccc4c4cccc5c4n(c23)[CH-]N5c2[c-]c(Oc3[c-]c4c(cc3)c3c(-c5ccccc5)cccc3n4-c3cc(C(C)(C)C)ccn3)ccc2)cc(C(C)(C)C)c1.[Pt]. The van der Waals surface area contributed by atoms with Gasteiger partial charge in [-0.2, -0.15) is 12.1 Å². The zero-order valence-electron chi connectivity index (χ0n) is 45.6. The van der Waals surface area contributed by atoms with Crippen molar-refractivity contribution in [1.82, 2.24) is 14.1 Å². The first-order valence-electron chi connectivity index (χ1n) is 26.9. The van der Waals surface area contributed by atoms with Gasteiger partial charge in [0.15, 0.2) is 0 Å². The quantitative estimate of drug-likeness (QED) is 0.156. The van der Waals surface area contributed by atoms with Crippen LogP contribution in [0.5, 0.6) is 11.5 Å². The molecular weight excluding hydrogens is 1100 g/mol. The molecule has 0 radical (unpaired) electrons. The maximum Gasteiger partial charge on any atom is 0.135 e. The van der Waals surface area contributed by atoms with Gasteiger partial charge in [-0.15, -0.1) is 35.7 Å². The summed E-state index contributed by atoms with van der Waals surface area (Å²) in [5.74, 6) is 1.88. The average molecular weight is 1150 g/mol. The third kappa shape index (κ3) is 8.22. The summed E-state index contributed by atoms with van der Waals surface area (Å²) >= 11 is 0. The van der Waals surface area contributed by atoms with Crippen molar-refractivity contribution in [3.63, 3.8) is 0 Å². The third-order valence-corrected chi connectivity index (χ3v) is 14.7. The summed E-state index contributed by atoms with van der Waals surface area (Å²) in [5, 5.41) is 8.66. The minimum absolute atomic E-state index is 0. The number of rotatable bonds is 6. The molecule has 13 rings (SSSR count). The van der Waals surface area contributed by atoms with E-state index >= 15 is 0 Å². The molecule has 0 spiro atoms. The normalized spacial score (nSPS) is 13.2. The van der Waals surface area contributed by atoms with Crippen molar-refractivity contribution < 1.29 is 29.9 Å². The summed E-state index contributed by atoms with van der Waals surface area (Å²) in [5.41, 5.74) is 11.6. The van der Waals surface area contributed by atoms with E-state index < -0.39 is 6.85 Å². The Bertz CT molecular complexity index is 4400. The maximum atomic E-state index is 8.63. The van der Waals surface area contributed by atoms with E-state index in [1.807, 2.05) is 42.6 Å². The molecule has 0 aliphatic carbocycles. The molecule has 0 fully saturated rings. The number of para-hydroxylation sites is 2. The van der Waals surface area contributed by atoms with E-state index in [9.17, 15) is 0 Å². The van der Waals surface area contributed by atoms with Crippen LogP contribution >= 0.6 is 0 Å². The standard InChI is InChI=1S/C69H55N4O.Pt/c1-44-37-46(39-48(38-44)69(5,6)7)53-28-16-29-58-56-25-13-11-23-54(56)55-24-12-14-26-57(55)59-30-18-32-62-67(59)72(66(53)58)43-71(62)49-21-15-22-50(41-49)74-51-33-34-60-63(42-51)73(64-40-47(35-36-70-64)68(2,3)4)61-31-17-27-52(65(60)61)45-19-9-8-10-20-45;/h8-40,43H,1-7H3;/q-3;/i1D3;. The van der Waals surface area contributed by atoms with Crippen LogP contribution in [0.15, 0.2) is 200 Å². The predicted molar refractivity (Wildman–Crippen MR) is 310 cm³/mol. The molecule has 12 aromatic rings. The molecule has 3 aromatic heterocycles. The molecule has 5 nitrogen and oxygen atoms in total. The van der Waals surface area contributed by atoms with Crippen LogP contribution in [0.25, 0.3) is 93.2 Å². The summed E-state index contributed by atoms with van der Waals surface area (Å²) in [6.07, 6.45) is 1.90. The number of aryl methyl sites for hydroxylation is 1. The van der Waals surface area contributed by atoms with E-state index in [0.29, 0.717) is 17.1 Å². The summed E-state index contributed by atoms with van der Waals surface area (Å²) in [6.45, 7) is 12.9. The number of aromatic nitrogens is 3. The second kappa shape index (κ2) is 18.4. The number of fused-ring (bicyclic) bond motifs is 10. The Kier molecular flexibility index (Phi) is 10.9. The number of nitrogens with zero attached hydrogens (tertiary/aromatic N) is 4. The monoisotopic (exact) mass is 1150 g/mol. The Labute approximate surface area is 457 Å². The molecule has 0 saturated heterocycles. The van der Waals surface area contributed by atoms with Crippen LogP contribution in [0.1, 0.15) is 62.3 Å². The fourth-order valence-electron chi connectivity index (χ4n) is 11.1. The Morgan fingerprint density at radius 3 is 1.87 bits per heavy atom. The molecule has 0 atom stereocenters. The van der Waals surface area contributed by atoms with Crippen molar-refractivity contribution >= 4 is 76.5 Å². The third-order valence-electron chi connectivity index (χ3n) is 14.7. The average Bonchev–Trinajstić information content (AvgIpc) is 4.20. The van der Waals surface area contributed by atoms with Gasteiger partial charge in [0.05, 0.1) is 0 Å². The Balaban J connectivity index is 0.00000609. The second-order valence-electron chi connectivity index (χ2n) is 21.5. The van der Waals surface area contributed by atoms with Crippen LogP contribution in [-0.2, 0) is 31.9 Å². The van der Waals surface area contributed by atoms with Gasteiger partial charge in [-0.3, -0.25) is 0 Å². The van der Waals surface area contributed by atoms with Gasteiger partial charge in [0.2, 0.25) is 0 Å². The molecule has 0 unspecified atom stereocenters. The van der Waals surface area contributed by atoms with Gasteiger partial charge in [0.25, 0.3) is 0 Å². The van der Waals surface area contributed by atoms with Gasteiger partial charge in [0, 0.05) is 54.1 Å². The molecule has 9 aromatic carbocycles. The minimum atomic E-state index is -2.31. The second-order valence-corrected chi connectivity index (χ2v) is 21.5. The van der Waals surface area contributed by atoms with Crippen LogP contribution in [0, 0.1) is 25.7 Å². The Hall–Kier alpha value is -8.11. The van der Waals surface area contributed by atoms with Gasteiger partial charge in [-0.25, -0.2) is 4.98 Å². The Morgan fingerprint density at radius 2 is 1.15 bits per heavy atom. The topological polar surface area (TPSA) is 35.2 Å². The van der Waals surface area contributed by atoms with Gasteiger partial charge >= 0.3 is 0 Å². The number of anilines is 2. The van der Waals surface area contributed by atoms with Crippen molar-refractivity contribution in [3.05, 3.63) is 236 Å². The molecule has 0 N–H and O–H groups in total. The van der Waals surface area contributed by atoms with E-state index in [4.69, 9.17) is 13.8 Å². The molecule has 1 aliphatic heterocycles. The van der Waals surface area contributed by atoms with Crippen molar-refractivity contribution in [1.29, 1.82) is 0 Å². The number of hydrogen-bond acceptors (Lipinski definition) is 3. The molecule has 6 heteroatoms. The first-order valence-corrected chi connectivity index (χ1v) is 25.4. The number of ether oxygens (including phenoxy) is 1. The van der Waals surface area contributed by atoms with Crippen molar-refractivity contribution in [2.45, 2.75) is 59.2 Å². The number of hydrogen-bond donors (Lipinski definition) is 0. The molecular formula is C69H55N4OPt-3. The van der Waals surface area contributed by atoms with Crippen LogP contribution < -0.4 is 9.64 Å². The van der Waals surface area contributed by atoms with Gasteiger partial charge in [-0.05, 0) is 131 Å². The van der Waals surface area contributed by atoms with Crippen molar-refractivity contribution in [2.75, 3.05) is 4.90 Å². The van der Waals surface area contributed by atoms with E-state index in [1.54, 1.807) is 0 Å². The van der Waals surface area contributed by atoms with Crippen LogP contribution in [0.2, 0.25) is 0 Å². The maximum absolute atomic E-state index is 8.63. The Morgan fingerprint density at radius 1 is 0.520 bits per heavy atom. The predicted octanol–water partition coefficient (Wildman–Crippen LogP) is 18.5. The van der Waals surface area contributed by atoms with Crippen LogP contribution in [0.4, 0.5) is 11.4 Å². The summed E-state index contributed by atoms with van der Waals surface area (Å²) in [7, 11) is 0. The largest absolute Gasteiger partial charge is 0.509 e. The molecule has 0 amide bonds. The first-order chi connectivity index (χ1) is 37.1. The summed E-state index contributed by atoms with van der Waals surface area (Å²) in [4.78, 5) is 7.16. The van der Waals surface area contributed by atoms with E-state index in [-0.39, 0.29) is 31.9 Å². The van der Waals surface area contributed by atoms with Crippen LogP contribution in [0.3, 0.4) is 0 Å². The van der Waals surface area contributed by atoms with E-state index in [0.717, 1.165) is 110 Å². The fourth-order valence-corrected chi connectivity index (χ4v) is 11.1. The zero-order chi connectivity index (χ0) is 53.0. The molecule has 0 saturated carbocycles. The summed E-state index contributed by atoms with van der Waals surface area (Å²) in [6, 6.07) is 74.8. The molecule has 370 valence electrons. The zero-order valence-corrected chi connectivity index (χ0v) is 44.9. The van der Waals surface area contributed by atoms with Crippen molar-refractivity contribution in [3.8, 4) is 39.6 Å². The molecule has 0 bridgehead atoms. The van der Waals surface area contributed by atoms with E-state index in [1.165, 1.54) is 5.56 Å². The van der Waals surface area contributed by atoms with Gasteiger partial charge in [-0.1, -0.05) is 198 Å². The fraction of sp³-hybridized carbons (Fsp3) is 0.130. The van der Waals surface area contributed by atoms with Gasteiger partial charge < -0.3 is 18.8 Å². The first kappa shape index (κ1) is 44.4. The molecule has 4 heterocycles. The van der Waals surface area contributed by atoms with E-state index in [2.05, 4.69) is 232 Å². The molecule has 75 heavy (non-hydrogen) atoms. The van der Waals surface area contributed by atoms with Crippen LogP contribution in [-0.4, -0.2) is 14.1 Å². The smallest absolute Gasteiger partial charge is 0.135 e. The number of benzene rings is 9. The van der Waals surface area contributed by atoms with Crippen molar-refractivity contribution in [2.24, 2.45) is 0 Å².